The molecule has 1 aromatic carbocycles. The van der Waals surface area contributed by atoms with Crippen molar-refractivity contribution in [3.05, 3.63) is 34.9 Å². The molecule has 0 N–H and O–H groups in total. The Balaban J connectivity index is 1.64. The van der Waals surface area contributed by atoms with Crippen LogP contribution in [-0.4, -0.2) is 44.6 Å². The van der Waals surface area contributed by atoms with E-state index in [-0.39, 0.29) is 36.2 Å². The summed E-state index contributed by atoms with van der Waals surface area (Å²) in [6.07, 6.45) is 1.78. The fourth-order valence-electron chi connectivity index (χ4n) is 4.61. The molecule has 1 aliphatic heterocycles. The van der Waals surface area contributed by atoms with Gasteiger partial charge in [-0.2, -0.15) is 0 Å². The minimum Gasteiger partial charge on any atom is -0.379 e. The zero-order valence-corrected chi connectivity index (χ0v) is 18.5. The molecule has 1 aliphatic carbocycles. The standard InChI is InChI=1S/C24H34F4O3/c1-3-11-29-15-18-7-5-17(14-31-18)20-9-8-19(22(25)23(20)26)16-6-10-21(30-12-4-2)24(27,28)13-16/h8-9,16-18,21H,3-7,10-15H2,1-2H3. The van der Waals surface area contributed by atoms with Crippen molar-refractivity contribution in [3.63, 3.8) is 0 Å². The molecule has 1 saturated heterocycles. The first kappa shape index (κ1) is 24.5. The van der Waals surface area contributed by atoms with Gasteiger partial charge in [-0.3, -0.25) is 0 Å². The van der Waals surface area contributed by atoms with Crippen LogP contribution in [0.15, 0.2) is 12.1 Å². The second-order valence-corrected chi connectivity index (χ2v) is 8.78. The van der Waals surface area contributed by atoms with Crippen LogP contribution in [0.4, 0.5) is 17.6 Å². The summed E-state index contributed by atoms with van der Waals surface area (Å²) in [5.74, 6) is -5.95. The largest absolute Gasteiger partial charge is 0.379 e. The van der Waals surface area contributed by atoms with E-state index in [0.717, 1.165) is 6.42 Å². The van der Waals surface area contributed by atoms with Gasteiger partial charge in [-0.25, -0.2) is 17.6 Å². The van der Waals surface area contributed by atoms with Gasteiger partial charge in [0.1, 0.15) is 6.10 Å². The van der Waals surface area contributed by atoms with Crippen molar-refractivity contribution in [1.29, 1.82) is 0 Å². The molecule has 1 heterocycles. The molecule has 0 radical (unpaired) electrons. The Morgan fingerprint density at radius 2 is 1.58 bits per heavy atom. The van der Waals surface area contributed by atoms with Crippen molar-refractivity contribution in [2.24, 2.45) is 0 Å². The molecule has 0 amide bonds. The molecule has 2 aliphatic rings. The molecule has 31 heavy (non-hydrogen) atoms. The molecule has 4 unspecified atom stereocenters. The van der Waals surface area contributed by atoms with E-state index in [0.29, 0.717) is 45.5 Å². The van der Waals surface area contributed by atoms with Crippen molar-refractivity contribution in [1.82, 2.24) is 0 Å². The van der Waals surface area contributed by atoms with E-state index in [9.17, 15) is 17.6 Å². The zero-order chi connectivity index (χ0) is 22.4. The molecule has 0 aromatic heterocycles. The highest BCUT2D eigenvalue weighted by molar-refractivity contribution is 5.32. The van der Waals surface area contributed by atoms with Crippen LogP contribution < -0.4 is 0 Å². The number of ether oxygens (including phenoxy) is 3. The lowest BCUT2D eigenvalue weighted by atomic mass is 9.79. The van der Waals surface area contributed by atoms with Gasteiger partial charge in [-0.05, 0) is 55.6 Å². The van der Waals surface area contributed by atoms with Gasteiger partial charge < -0.3 is 14.2 Å². The average Bonchev–Trinajstić information content (AvgIpc) is 2.75. The van der Waals surface area contributed by atoms with E-state index in [2.05, 4.69) is 0 Å². The van der Waals surface area contributed by atoms with Gasteiger partial charge in [-0.1, -0.05) is 26.0 Å². The number of hydrogen-bond donors (Lipinski definition) is 0. The maximum absolute atomic E-state index is 14.9. The second-order valence-electron chi connectivity index (χ2n) is 8.78. The van der Waals surface area contributed by atoms with Gasteiger partial charge >= 0.3 is 0 Å². The van der Waals surface area contributed by atoms with Crippen LogP contribution in [-0.2, 0) is 14.2 Å². The van der Waals surface area contributed by atoms with Crippen LogP contribution in [0.2, 0.25) is 0 Å². The van der Waals surface area contributed by atoms with Gasteiger partial charge in [0.05, 0.1) is 19.3 Å². The lowest BCUT2D eigenvalue weighted by Gasteiger charge is -2.36. The highest BCUT2D eigenvalue weighted by Crippen LogP contribution is 2.45. The van der Waals surface area contributed by atoms with Gasteiger partial charge in [0.15, 0.2) is 11.6 Å². The number of rotatable bonds is 9. The molecule has 1 aromatic rings. The fraction of sp³-hybridized carbons (Fsp3) is 0.750. The van der Waals surface area contributed by atoms with Gasteiger partial charge in [0, 0.05) is 25.6 Å². The Hall–Kier alpha value is -1.18. The maximum Gasteiger partial charge on any atom is 0.274 e. The van der Waals surface area contributed by atoms with Crippen molar-refractivity contribution in [2.45, 2.75) is 88.8 Å². The first-order chi connectivity index (χ1) is 14.9. The highest BCUT2D eigenvalue weighted by Gasteiger charge is 2.47. The summed E-state index contributed by atoms with van der Waals surface area (Å²) in [4.78, 5) is 0. The van der Waals surface area contributed by atoms with Crippen molar-refractivity contribution >= 4 is 0 Å². The first-order valence-electron chi connectivity index (χ1n) is 11.5. The van der Waals surface area contributed by atoms with Crippen LogP contribution in [0.5, 0.6) is 0 Å². The van der Waals surface area contributed by atoms with Gasteiger partial charge in [-0.15, -0.1) is 0 Å². The van der Waals surface area contributed by atoms with E-state index < -0.39 is 36.0 Å². The summed E-state index contributed by atoms with van der Waals surface area (Å²) in [7, 11) is 0. The number of alkyl halides is 2. The number of halogens is 4. The molecule has 176 valence electrons. The lowest BCUT2D eigenvalue weighted by molar-refractivity contribution is -0.161. The van der Waals surface area contributed by atoms with E-state index in [1.807, 2.05) is 13.8 Å². The molecule has 3 rings (SSSR count). The summed E-state index contributed by atoms with van der Waals surface area (Å²) < 4.78 is 75.4. The molecule has 1 saturated carbocycles. The molecule has 7 heteroatoms. The number of benzene rings is 1. The van der Waals surface area contributed by atoms with E-state index in [1.54, 1.807) is 6.07 Å². The Labute approximate surface area is 182 Å². The lowest BCUT2D eigenvalue weighted by Crippen LogP contribution is -2.41. The number of hydrogen-bond acceptors (Lipinski definition) is 3. The summed E-state index contributed by atoms with van der Waals surface area (Å²) in [5, 5.41) is 0. The van der Waals surface area contributed by atoms with Gasteiger partial charge in [0.2, 0.25) is 0 Å². The SMILES string of the molecule is CCCOCC1CCC(c2ccc(C3CCC(OCCC)C(F)(F)C3)c(F)c2F)CO1. The summed E-state index contributed by atoms with van der Waals surface area (Å²) in [6.45, 7) is 5.66. The minimum absolute atomic E-state index is 0.0256. The molecule has 2 fully saturated rings. The van der Waals surface area contributed by atoms with E-state index in [1.165, 1.54) is 6.07 Å². The van der Waals surface area contributed by atoms with Crippen LogP contribution in [0.1, 0.15) is 81.8 Å². The third-order valence-corrected chi connectivity index (χ3v) is 6.33. The third-order valence-electron chi connectivity index (χ3n) is 6.33. The minimum atomic E-state index is -3.05. The Morgan fingerprint density at radius 1 is 0.935 bits per heavy atom. The average molecular weight is 447 g/mol. The van der Waals surface area contributed by atoms with Crippen LogP contribution in [0.3, 0.4) is 0 Å². The van der Waals surface area contributed by atoms with Crippen molar-refractivity contribution in [3.8, 4) is 0 Å². The predicted octanol–water partition coefficient (Wildman–Crippen LogP) is 6.35. The highest BCUT2D eigenvalue weighted by atomic mass is 19.3. The van der Waals surface area contributed by atoms with Crippen molar-refractivity contribution in [2.75, 3.05) is 26.4 Å². The third kappa shape index (κ3) is 5.99. The smallest absolute Gasteiger partial charge is 0.274 e. The molecular weight excluding hydrogens is 412 g/mol. The van der Waals surface area contributed by atoms with Gasteiger partial charge in [0.25, 0.3) is 5.92 Å². The molecule has 0 spiro atoms. The fourth-order valence-corrected chi connectivity index (χ4v) is 4.61. The molecular formula is C24H34F4O3. The first-order valence-corrected chi connectivity index (χ1v) is 11.5. The Morgan fingerprint density at radius 3 is 2.16 bits per heavy atom. The zero-order valence-electron chi connectivity index (χ0n) is 18.5. The predicted molar refractivity (Wildman–Crippen MR) is 111 cm³/mol. The van der Waals surface area contributed by atoms with E-state index in [4.69, 9.17) is 14.2 Å². The Bertz CT molecular complexity index is 704. The Kier molecular flexibility index (Phi) is 8.76. The van der Waals surface area contributed by atoms with Crippen LogP contribution in [0, 0.1) is 11.6 Å². The topological polar surface area (TPSA) is 27.7 Å². The summed E-state index contributed by atoms with van der Waals surface area (Å²) in [6, 6.07) is 3.03. The second kappa shape index (κ2) is 11.1. The summed E-state index contributed by atoms with van der Waals surface area (Å²) >= 11 is 0. The molecule has 3 nitrogen and oxygen atoms in total. The van der Waals surface area contributed by atoms with Crippen molar-refractivity contribution < 1.29 is 31.8 Å². The normalized spacial score (nSPS) is 28.6. The quantitative estimate of drug-likeness (QED) is 0.327. The molecule has 4 atom stereocenters. The maximum atomic E-state index is 14.9. The molecule has 0 bridgehead atoms. The van der Waals surface area contributed by atoms with E-state index >= 15 is 0 Å². The monoisotopic (exact) mass is 446 g/mol. The van der Waals surface area contributed by atoms with Crippen LogP contribution >= 0.6 is 0 Å². The van der Waals surface area contributed by atoms with Crippen LogP contribution in [0.25, 0.3) is 0 Å². The summed E-state index contributed by atoms with van der Waals surface area (Å²) in [5.41, 5.74) is 0.304.